The predicted molar refractivity (Wildman–Crippen MR) is 70.6 cm³/mol. The summed E-state index contributed by atoms with van der Waals surface area (Å²) in [4.78, 5) is 4.10. The molecule has 0 aliphatic rings. The number of benzene rings is 1. The van der Waals surface area contributed by atoms with Gasteiger partial charge in [0, 0.05) is 11.8 Å². The van der Waals surface area contributed by atoms with Crippen molar-refractivity contribution in [1.29, 1.82) is 0 Å². The van der Waals surface area contributed by atoms with E-state index < -0.39 is 0 Å². The molecule has 1 aromatic heterocycles. The molecule has 17 heavy (non-hydrogen) atoms. The molecule has 0 bridgehead atoms. The molecule has 0 saturated heterocycles. The van der Waals surface area contributed by atoms with Crippen molar-refractivity contribution in [2.45, 2.75) is 19.9 Å². The van der Waals surface area contributed by atoms with Gasteiger partial charge < -0.3 is 11.5 Å². The fourth-order valence-corrected chi connectivity index (χ4v) is 1.94. The number of rotatable bonds is 2. The molecule has 0 amide bonds. The number of hydrogen-bond donors (Lipinski definition) is 2. The van der Waals surface area contributed by atoms with E-state index in [-0.39, 0.29) is 6.04 Å². The number of pyridine rings is 1. The van der Waals surface area contributed by atoms with Crippen molar-refractivity contribution in [1.82, 2.24) is 4.98 Å². The number of hydrogen-bond acceptors (Lipinski definition) is 3. The number of aryl methyl sites for hydroxylation is 2. The van der Waals surface area contributed by atoms with Gasteiger partial charge in [-0.25, -0.2) is 4.98 Å². The number of aromatic nitrogens is 1. The number of anilines is 1. The van der Waals surface area contributed by atoms with Gasteiger partial charge in [0.05, 0.1) is 6.04 Å². The van der Waals surface area contributed by atoms with E-state index in [0.717, 1.165) is 16.7 Å². The Morgan fingerprint density at radius 1 is 1.06 bits per heavy atom. The van der Waals surface area contributed by atoms with Gasteiger partial charge in [-0.15, -0.1) is 0 Å². The summed E-state index contributed by atoms with van der Waals surface area (Å²) < 4.78 is 0. The summed E-state index contributed by atoms with van der Waals surface area (Å²) in [6.45, 7) is 4.06. The molecule has 2 aromatic rings. The highest BCUT2D eigenvalue weighted by Crippen LogP contribution is 2.26. The van der Waals surface area contributed by atoms with Gasteiger partial charge in [0.1, 0.15) is 5.82 Å². The lowest BCUT2D eigenvalue weighted by atomic mass is 9.96. The van der Waals surface area contributed by atoms with Crippen LogP contribution in [0.15, 0.2) is 36.5 Å². The highest BCUT2D eigenvalue weighted by molar-refractivity contribution is 5.49. The molecule has 4 N–H and O–H groups in total. The molecule has 2 rings (SSSR count). The quantitative estimate of drug-likeness (QED) is 0.827. The third-order valence-corrected chi connectivity index (χ3v) is 2.99. The SMILES string of the molecule is Cc1ccc(C(N)c2c(C)ccnc2N)cc1. The Kier molecular flexibility index (Phi) is 3.11. The van der Waals surface area contributed by atoms with E-state index in [1.54, 1.807) is 6.20 Å². The lowest BCUT2D eigenvalue weighted by Gasteiger charge is -2.16. The van der Waals surface area contributed by atoms with Gasteiger partial charge >= 0.3 is 0 Å². The predicted octanol–water partition coefficient (Wildman–Crippen LogP) is 2.33. The molecule has 0 spiro atoms. The molecule has 1 atom stereocenters. The second-order valence-corrected chi connectivity index (χ2v) is 4.32. The third kappa shape index (κ3) is 2.29. The first-order chi connectivity index (χ1) is 8.09. The van der Waals surface area contributed by atoms with E-state index >= 15 is 0 Å². The third-order valence-electron chi connectivity index (χ3n) is 2.99. The van der Waals surface area contributed by atoms with Crippen molar-refractivity contribution in [3.63, 3.8) is 0 Å². The summed E-state index contributed by atoms with van der Waals surface area (Å²) in [5, 5.41) is 0. The highest BCUT2D eigenvalue weighted by atomic mass is 14.8. The molecule has 0 aliphatic heterocycles. The first kappa shape index (κ1) is 11.6. The van der Waals surface area contributed by atoms with Gasteiger partial charge in [0.15, 0.2) is 0 Å². The van der Waals surface area contributed by atoms with Crippen LogP contribution in [0.3, 0.4) is 0 Å². The minimum atomic E-state index is -0.218. The van der Waals surface area contributed by atoms with Crippen LogP contribution in [0.5, 0.6) is 0 Å². The second-order valence-electron chi connectivity index (χ2n) is 4.32. The van der Waals surface area contributed by atoms with Crippen LogP contribution >= 0.6 is 0 Å². The summed E-state index contributed by atoms with van der Waals surface area (Å²) in [6, 6.07) is 9.88. The van der Waals surface area contributed by atoms with Gasteiger partial charge in [0.2, 0.25) is 0 Å². The molecule has 0 radical (unpaired) electrons. The maximum atomic E-state index is 6.25. The van der Waals surface area contributed by atoms with Crippen LogP contribution in [0.25, 0.3) is 0 Å². The molecule has 88 valence electrons. The highest BCUT2D eigenvalue weighted by Gasteiger charge is 2.14. The Bertz CT molecular complexity index is 497. The maximum Gasteiger partial charge on any atom is 0.128 e. The van der Waals surface area contributed by atoms with Crippen LogP contribution in [-0.4, -0.2) is 4.98 Å². The largest absolute Gasteiger partial charge is 0.383 e. The summed E-state index contributed by atoms with van der Waals surface area (Å²) in [5.41, 5.74) is 16.4. The first-order valence-corrected chi connectivity index (χ1v) is 5.62. The number of nitrogens with two attached hydrogens (primary N) is 2. The topological polar surface area (TPSA) is 64.9 Å². The monoisotopic (exact) mass is 227 g/mol. The summed E-state index contributed by atoms with van der Waals surface area (Å²) in [7, 11) is 0. The Hall–Kier alpha value is -1.87. The van der Waals surface area contributed by atoms with Crippen LogP contribution in [0.1, 0.15) is 28.3 Å². The average Bonchev–Trinajstić information content (AvgIpc) is 2.29. The van der Waals surface area contributed by atoms with Gasteiger partial charge in [-0.3, -0.25) is 0 Å². The van der Waals surface area contributed by atoms with Crippen molar-refractivity contribution < 1.29 is 0 Å². The smallest absolute Gasteiger partial charge is 0.128 e. The van der Waals surface area contributed by atoms with Crippen LogP contribution < -0.4 is 11.5 Å². The number of nitrogen functional groups attached to an aromatic ring is 1. The summed E-state index contributed by atoms with van der Waals surface area (Å²) in [5.74, 6) is 0.512. The summed E-state index contributed by atoms with van der Waals surface area (Å²) in [6.07, 6.45) is 1.70. The molecule has 3 nitrogen and oxygen atoms in total. The van der Waals surface area contributed by atoms with E-state index in [4.69, 9.17) is 11.5 Å². The van der Waals surface area contributed by atoms with Crippen LogP contribution in [-0.2, 0) is 0 Å². The Balaban J connectivity index is 2.43. The minimum absolute atomic E-state index is 0.218. The van der Waals surface area contributed by atoms with E-state index in [1.165, 1.54) is 5.56 Å². The zero-order chi connectivity index (χ0) is 12.4. The fraction of sp³-hybridized carbons (Fsp3) is 0.214. The summed E-state index contributed by atoms with van der Waals surface area (Å²) >= 11 is 0. The molecular formula is C14H17N3. The molecule has 1 aromatic carbocycles. The number of nitrogens with zero attached hydrogens (tertiary/aromatic N) is 1. The van der Waals surface area contributed by atoms with Crippen molar-refractivity contribution in [3.05, 3.63) is 58.8 Å². The first-order valence-electron chi connectivity index (χ1n) is 5.62. The molecule has 3 heteroatoms. The Morgan fingerprint density at radius 3 is 2.29 bits per heavy atom. The van der Waals surface area contributed by atoms with Crippen molar-refractivity contribution in [2.75, 3.05) is 5.73 Å². The fourth-order valence-electron chi connectivity index (χ4n) is 1.94. The van der Waals surface area contributed by atoms with Crippen molar-refractivity contribution in [2.24, 2.45) is 5.73 Å². The van der Waals surface area contributed by atoms with Gasteiger partial charge in [-0.05, 0) is 31.0 Å². The van der Waals surface area contributed by atoms with E-state index in [9.17, 15) is 0 Å². The maximum absolute atomic E-state index is 6.25. The minimum Gasteiger partial charge on any atom is -0.383 e. The van der Waals surface area contributed by atoms with E-state index in [0.29, 0.717) is 5.82 Å². The molecule has 1 heterocycles. The van der Waals surface area contributed by atoms with E-state index in [2.05, 4.69) is 24.0 Å². The van der Waals surface area contributed by atoms with Crippen molar-refractivity contribution in [3.8, 4) is 0 Å². The average molecular weight is 227 g/mol. The lowest BCUT2D eigenvalue weighted by Crippen LogP contribution is -2.16. The molecule has 1 unspecified atom stereocenters. The zero-order valence-corrected chi connectivity index (χ0v) is 10.1. The second kappa shape index (κ2) is 4.55. The Labute approximate surface area is 101 Å². The normalized spacial score (nSPS) is 12.4. The van der Waals surface area contributed by atoms with E-state index in [1.807, 2.05) is 25.1 Å². The Morgan fingerprint density at radius 2 is 1.71 bits per heavy atom. The van der Waals surface area contributed by atoms with Gasteiger partial charge in [-0.2, -0.15) is 0 Å². The van der Waals surface area contributed by atoms with Crippen LogP contribution in [0, 0.1) is 13.8 Å². The lowest BCUT2D eigenvalue weighted by molar-refractivity contribution is 0.857. The molecule has 0 fully saturated rings. The zero-order valence-electron chi connectivity index (χ0n) is 10.1. The van der Waals surface area contributed by atoms with Gasteiger partial charge in [-0.1, -0.05) is 29.8 Å². The standard InChI is InChI=1S/C14H17N3/c1-9-3-5-11(6-4-9)13(15)12-10(2)7-8-17-14(12)16/h3-8,13H,15H2,1-2H3,(H2,16,17). The molecule has 0 aliphatic carbocycles. The van der Waals surface area contributed by atoms with Crippen LogP contribution in [0.2, 0.25) is 0 Å². The van der Waals surface area contributed by atoms with Crippen LogP contribution in [0.4, 0.5) is 5.82 Å². The van der Waals surface area contributed by atoms with Gasteiger partial charge in [0.25, 0.3) is 0 Å². The molecule has 0 saturated carbocycles. The van der Waals surface area contributed by atoms with Crippen molar-refractivity contribution >= 4 is 5.82 Å². The molecular weight excluding hydrogens is 210 g/mol.